The molecular weight excluding hydrogens is 377 g/mol. The van der Waals surface area contributed by atoms with Crippen molar-refractivity contribution in [2.24, 2.45) is 0 Å². The van der Waals surface area contributed by atoms with Gasteiger partial charge in [-0.25, -0.2) is 9.97 Å². The maximum atomic E-state index is 4.74. The molecule has 21 heavy (non-hydrogen) atoms. The van der Waals surface area contributed by atoms with Gasteiger partial charge in [0.05, 0.1) is 21.0 Å². The van der Waals surface area contributed by atoms with Crippen molar-refractivity contribution < 1.29 is 0 Å². The molecule has 114 valence electrons. The second kappa shape index (κ2) is 7.72. The van der Waals surface area contributed by atoms with Crippen molar-refractivity contribution in [3.05, 3.63) is 21.7 Å². The molecule has 0 fully saturated rings. The Kier molecular flexibility index (Phi) is 5.96. The summed E-state index contributed by atoms with van der Waals surface area (Å²) in [5.41, 5.74) is 2.09. The van der Waals surface area contributed by atoms with Crippen LogP contribution in [0, 0.1) is 3.57 Å². The van der Waals surface area contributed by atoms with E-state index in [1.807, 2.05) is 17.1 Å². The van der Waals surface area contributed by atoms with E-state index in [4.69, 9.17) is 4.98 Å². The Morgan fingerprint density at radius 2 is 2.00 bits per heavy atom. The highest BCUT2D eigenvalue weighted by atomic mass is 127. The van der Waals surface area contributed by atoms with E-state index in [0.29, 0.717) is 0 Å². The monoisotopic (exact) mass is 399 g/mol. The lowest BCUT2D eigenvalue weighted by Crippen LogP contribution is -2.09. The van der Waals surface area contributed by atoms with Gasteiger partial charge < -0.3 is 5.32 Å². The Labute approximate surface area is 139 Å². The zero-order valence-corrected chi connectivity index (χ0v) is 15.0. The molecule has 0 aliphatic heterocycles. The molecule has 5 nitrogen and oxygen atoms in total. The largest absolute Gasteiger partial charge is 0.369 e. The maximum absolute atomic E-state index is 4.74. The van der Waals surface area contributed by atoms with Crippen molar-refractivity contribution in [1.29, 1.82) is 0 Å². The molecule has 0 aliphatic rings. The number of aryl methyl sites for hydroxylation is 2. The molecule has 2 aromatic rings. The molecule has 0 unspecified atom stereocenters. The standard InChI is InChI=1S/C15H22IN5/c1-4-7-12-13(16)15(17-8-5-2)20-14(19-12)11-9-18-21(6-3)10-11/h9-10H,4-8H2,1-3H3,(H,17,19,20). The van der Waals surface area contributed by atoms with E-state index in [1.165, 1.54) is 0 Å². The smallest absolute Gasteiger partial charge is 0.165 e. The first-order chi connectivity index (χ1) is 10.2. The van der Waals surface area contributed by atoms with Gasteiger partial charge in [-0.1, -0.05) is 20.3 Å². The van der Waals surface area contributed by atoms with Crippen molar-refractivity contribution in [2.75, 3.05) is 11.9 Å². The van der Waals surface area contributed by atoms with Gasteiger partial charge in [0.15, 0.2) is 5.82 Å². The molecule has 0 saturated heterocycles. The van der Waals surface area contributed by atoms with Crippen molar-refractivity contribution in [1.82, 2.24) is 19.7 Å². The van der Waals surface area contributed by atoms with Crippen LogP contribution in [0.25, 0.3) is 11.4 Å². The Morgan fingerprint density at radius 1 is 1.19 bits per heavy atom. The molecule has 6 heteroatoms. The van der Waals surface area contributed by atoms with Crippen LogP contribution in [-0.4, -0.2) is 26.3 Å². The molecule has 0 spiro atoms. The lowest BCUT2D eigenvalue weighted by Gasteiger charge is -2.11. The van der Waals surface area contributed by atoms with Gasteiger partial charge in [-0.15, -0.1) is 0 Å². The summed E-state index contributed by atoms with van der Waals surface area (Å²) in [6.45, 7) is 8.17. The first-order valence-corrected chi connectivity index (χ1v) is 8.60. The van der Waals surface area contributed by atoms with Crippen LogP contribution in [0.3, 0.4) is 0 Å². The van der Waals surface area contributed by atoms with E-state index in [2.05, 4.69) is 58.8 Å². The minimum Gasteiger partial charge on any atom is -0.369 e. The third-order valence-electron chi connectivity index (χ3n) is 3.16. The van der Waals surface area contributed by atoms with Crippen LogP contribution in [-0.2, 0) is 13.0 Å². The third kappa shape index (κ3) is 3.93. The summed E-state index contributed by atoms with van der Waals surface area (Å²) in [5.74, 6) is 1.70. The number of nitrogens with zero attached hydrogens (tertiary/aromatic N) is 4. The van der Waals surface area contributed by atoms with Gasteiger partial charge in [-0.05, 0) is 42.4 Å². The van der Waals surface area contributed by atoms with Crippen LogP contribution in [0.15, 0.2) is 12.4 Å². The van der Waals surface area contributed by atoms with Crippen molar-refractivity contribution in [3.8, 4) is 11.4 Å². The summed E-state index contributed by atoms with van der Waals surface area (Å²) >= 11 is 2.34. The second-order valence-corrected chi connectivity index (χ2v) is 6.00. The van der Waals surface area contributed by atoms with Crippen molar-refractivity contribution in [3.63, 3.8) is 0 Å². The van der Waals surface area contributed by atoms with Crippen LogP contribution in [0.1, 0.15) is 39.3 Å². The molecule has 2 heterocycles. The molecular formula is C15H22IN5. The molecule has 2 rings (SSSR count). The second-order valence-electron chi connectivity index (χ2n) is 4.92. The average molecular weight is 399 g/mol. The molecule has 1 N–H and O–H groups in total. The first-order valence-electron chi connectivity index (χ1n) is 7.52. The molecule has 0 aliphatic carbocycles. The quantitative estimate of drug-likeness (QED) is 0.721. The fourth-order valence-corrected chi connectivity index (χ4v) is 2.74. The van der Waals surface area contributed by atoms with Gasteiger partial charge in [-0.2, -0.15) is 5.10 Å². The summed E-state index contributed by atoms with van der Waals surface area (Å²) in [5, 5.41) is 7.72. The summed E-state index contributed by atoms with van der Waals surface area (Å²) in [7, 11) is 0. The minimum atomic E-state index is 0.761. The van der Waals surface area contributed by atoms with E-state index >= 15 is 0 Å². The van der Waals surface area contributed by atoms with Gasteiger partial charge in [0, 0.05) is 19.3 Å². The van der Waals surface area contributed by atoms with E-state index in [-0.39, 0.29) is 0 Å². The average Bonchev–Trinajstić information content (AvgIpc) is 2.97. The van der Waals surface area contributed by atoms with E-state index in [1.54, 1.807) is 0 Å². The van der Waals surface area contributed by atoms with Gasteiger partial charge in [0.2, 0.25) is 0 Å². The van der Waals surface area contributed by atoms with Crippen molar-refractivity contribution >= 4 is 28.4 Å². The summed E-state index contributed by atoms with van der Waals surface area (Å²) < 4.78 is 3.03. The molecule has 2 aromatic heterocycles. The Hall–Kier alpha value is -1.18. The maximum Gasteiger partial charge on any atom is 0.165 e. The zero-order valence-electron chi connectivity index (χ0n) is 12.9. The van der Waals surface area contributed by atoms with Crippen LogP contribution < -0.4 is 5.32 Å². The highest BCUT2D eigenvalue weighted by molar-refractivity contribution is 14.1. The summed E-state index contributed by atoms with van der Waals surface area (Å²) in [4.78, 5) is 9.42. The number of nitrogens with one attached hydrogen (secondary N) is 1. The van der Waals surface area contributed by atoms with Gasteiger partial charge in [-0.3, -0.25) is 4.68 Å². The number of halogens is 1. The van der Waals surface area contributed by atoms with Crippen LogP contribution in [0.2, 0.25) is 0 Å². The normalized spacial score (nSPS) is 10.9. The summed E-state index contributed by atoms with van der Waals surface area (Å²) in [6, 6.07) is 0. The Bertz CT molecular complexity index is 594. The molecule has 0 bridgehead atoms. The molecule has 0 saturated carbocycles. The highest BCUT2D eigenvalue weighted by Gasteiger charge is 2.13. The topological polar surface area (TPSA) is 55.6 Å². The molecule has 0 atom stereocenters. The van der Waals surface area contributed by atoms with Gasteiger partial charge >= 0.3 is 0 Å². The number of aromatic nitrogens is 4. The van der Waals surface area contributed by atoms with E-state index in [9.17, 15) is 0 Å². The molecule has 0 radical (unpaired) electrons. The van der Waals surface area contributed by atoms with E-state index in [0.717, 1.165) is 58.8 Å². The van der Waals surface area contributed by atoms with Crippen LogP contribution >= 0.6 is 22.6 Å². The SMILES string of the molecule is CCCNc1nc(-c2cnn(CC)c2)nc(CCC)c1I. The lowest BCUT2D eigenvalue weighted by molar-refractivity contribution is 0.660. The number of rotatable bonds is 7. The van der Waals surface area contributed by atoms with E-state index < -0.39 is 0 Å². The Balaban J connectivity index is 2.41. The van der Waals surface area contributed by atoms with Crippen LogP contribution in [0.5, 0.6) is 0 Å². The Morgan fingerprint density at radius 3 is 2.62 bits per heavy atom. The molecule has 0 amide bonds. The fourth-order valence-electron chi connectivity index (χ4n) is 2.04. The van der Waals surface area contributed by atoms with Crippen LogP contribution in [0.4, 0.5) is 5.82 Å². The lowest BCUT2D eigenvalue weighted by atomic mass is 10.2. The third-order valence-corrected chi connectivity index (χ3v) is 4.30. The van der Waals surface area contributed by atoms with Gasteiger partial charge in [0.1, 0.15) is 5.82 Å². The number of hydrogen-bond acceptors (Lipinski definition) is 4. The first kappa shape index (κ1) is 16.2. The number of anilines is 1. The highest BCUT2D eigenvalue weighted by Crippen LogP contribution is 2.24. The van der Waals surface area contributed by atoms with Crippen molar-refractivity contribution in [2.45, 2.75) is 46.6 Å². The van der Waals surface area contributed by atoms with Gasteiger partial charge in [0.25, 0.3) is 0 Å². The minimum absolute atomic E-state index is 0.761. The molecule has 0 aromatic carbocycles. The predicted molar refractivity (Wildman–Crippen MR) is 94.4 cm³/mol. The number of hydrogen-bond donors (Lipinski definition) is 1. The summed E-state index contributed by atoms with van der Waals surface area (Å²) in [6.07, 6.45) is 6.96. The zero-order chi connectivity index (χ0) is 15.2. The predicted octanol–water partition coefficient (Wildman–Crippen LogP) is 3.74. The fraction of sp³-hybridized carbons (Fsp3) is 0.533.